The molecule has 0 atom stereocenters. The number of pyridine rings is 1. The number of esters is 1. The van der Waals surface area contributed by atoms with E-state index in [1.807, 2.05) is 28.9 Å². The molecule has 0 radical (unpaired) electrons. The Hall–Kier alpha value is -3.29. The fraction of sp³-hybridized carbons (Fsp3) is 0.409. The zero-order chi connectivity index (χ0) is 21.1. The third kappa shape index (κ3) is 3.77. The number of rotatable bonds is 6. The highest BCUT2D eigenvalue weighted by Crippen LogP contribution is 2.34. The van der Waals surface area contributed by atoms with Crippen molar-refractivity contribution in [3.63, 3.8) is 0 Å². The van der Waals surface area contributed by atoms with Gasteiger partial charge in [-0.2, -0.15) is 5.10 Å². The van der Waals surface area contributed by atoms with Crippen LogP contribution in [0.25, 0.3) is 11.0 Å². The highest BCUT2D eigenvalue weighted by molar-refractivity contribution is 6.07. The molecule has 0 unspecified atom stereocenters. The van der Waals surface area contributed by atoms with Crippen LogP contribution in [0.3, 0.4) is 0 Å². The van der Waals surface area contributed by atoms with Crippen molar-refractivity contribution in [3.05, 3.63) is 41.6 Å². The number of hydrogen-bond acceptors (Lipinski definition) is 7. The lowest BCUT2D eigenvalue weighted by Gasteiger charge is -2.27. The Morgan fingerprint density at radius 3 is 2.57 bits per heavy atom. The predicted molar refractivity (Wildman–Crippen MR) is 116 cm³/mol. The molecule has 4 rings (SSSR count). The van der Waals surface area contributed by atoms with Crippen LogP contribution in [0.5, 0.6) is 5.75 Å². The summed E-state index contributed by atoms with van der Waals surface area (Å²) in [5.74, 6) is 1.13. The third-order valence-corrected chi connectivity index (χ3v) is 5.42. The Balaban J connectivity index is 1.79. The molecule has 158 valence electrons. The fourth-order valence-corrected chi connectivity index (χ4v) is 3.86. The summed E-state index contributed by atoms with van der Waals surface area (Å²) in [6, 6.07) is 7.85. The molecule has 1 fully saturated rings. The van der Waals surface area contributed by atoms with E-state index in [-0.39, 0.29) is 12.2 Å². The predicted octanol–water partition coefficient (Wildman–Crippen LogP) is 3.24. The number of carbonyl (C=O) groups is 1. The van der Waals surface area contributed by atoms with Crippen molar-refractivity contribution in [2.24, 2.45) is 0 Å². The largest absolute Gasteiger partial charge is 0.497 e. The smallest absolute Gasteiger partial charge is 0.341 e. The second-order valence-corrected chi connectivity index (χ2v) is 7.38. The van der Waals surface area contributed by atoms with E-state index in [4.69, 9.17) is 20.3 Å². The van der Waals surface area contributed by atoms with Crippen LogP contribution in [0.4, 0.5) is 11.5 Å². The first-order valence-corrected chi connectivity index (χ1v) is 10.3. The Bertz CT molecular complexity index is 1040. The molecule has 2 aromatic heterocycles. The number of carbonyl (C=O) groups excluding carboxylic acids is 1. The molecule has 1 aliphatic rings. The Labute approximate surface area is 175 Å². The fourth-order valence-electron chi connectivity index (χ4n) is 3.86. The first-order valence-electron chi connectivity index (χ1n) is 10.3. The van der Waals surface area contributed by atoms with E-state index in [0.29, 0.717) is 17.9 Å². The minimum Gasteiger partial charge on any atom is -0.497 e. The molecule has 2 N–H and O–H groups in total. The Kier molecular flexibility index (Phi) is 5.74. The standard InChI is InChI=1S/C22H27N5O3/c1-3-30-22(28)17-13-24-20-18(19(17)23)21(26-11-5-4-6-12-26)25-27(20)14-15-7-9-16(29-2)10-8-15/h7-10,13H,3-6,11-12,14H2,1-2H3,(H2,23,24). The van der Waals surface area contributed by atoms with E-state index >= 15 is 0 Å². The molecule has 8 heteroatoms. The summed E-state index contributed by atoms with van der Waals surface area (Å²) in [6.45, 7) is 4.42. The number of anilines is 2. The SMILES string of the molecule is CCOC(=O)c1cnc2c(c(N3CCCCC3)nn2Cc2ccc(OC)cc2)c1N. The average Bonchev–Trinajstić information content (AvgIpc) is 3.14. The summed E-state index contributed by atoms with van der Waals surface area (Å²) >= 11 is 0. The summed E-state index contributed by atoms with van der Waals surface area (Å²) in [7, 11) is 1.65. The number of methoxy groups -OCH3 is 1. The first-order chi connectivity index (χ1) is 14.6. The zero-order valence-electron chi connectivity index (χ0n) is 17.4. The molecular formula is C22H27N5O3. The summed E-state index contributed by atoms with van der Waals surface area (Å²) in [6.07, 6.45) is 4.92. The molecule has 30 heavy (non-hydrogen) atoms. The van der Waals surface area contributed by atoms with Gasteiger partial charge < -0.3 is 20.1 Å². The highest BCUT2D eigenvalue weighted by Gasteiger charge is 2.25. The molecule has 3 aromatic rings. The van der Waals surface area contributed by atoms with Crippen molar-refractivity contribution in [1.29, 1.82) is 0 Å². The number of hydrogen-bond donors (Lipinski definition) is 1. The summed E-state index contributed by atoms with van der Waals surface area (Å²) in [4.78, 5) is 19.2. The van der Waals surface area contributed by atoms with Crippen LogP contribution >= 0.6 is 0 Å². The number of nitrogens with zero attached hydrogens (tertiary/aromatic N) is 4. The van der Waals surface area contributed by atoms with Gasteiger partial charge in [0.15, 0.2) is 11.5 Å². The lowest BCUT2D eigenvalue weighted by Crippen LogP contribution is -2.30. The maximum atomic E-state index is 12.4. The molecule has 0 bridgehead atoms. The van der Waals surface area contributed by atoms with Crippen molar-refractivity contribution in [1.82, 2.24) is 14.8 Å². The van der Waals surface area contributed by atoms with Crippen LogP contribution in [-0.4, -0.2) is 47.5 Å². The minimum atomic E-state index is -0.461. The average molecular weight is 409 g/mol. The number of nitrogen functional groups attached to an aromatic ring is 1. The molecule has 1 saturated heterocycles. The van der Waals surface area contributed by atoms with Gasteiger partial charge in [0.25, 0.3) is 0 Å². The first kappa shape index (κ1) is 20.0. The van der Waals surface area contributed by atoms with Gasteiger partial charge in [0, 0.05) is 19.3 Å². The van der Waals surface area contributed by atoms with Gasteiger partial charge in [-0.15, -0.1) is 0 Å². The normalized spacial score (nSPS) is 14.1. The van der Waals surface area contributed by atoms with E-state index in [2.05, 4.69) is 9.88 Å². The lowest BCUT2D eigenvalue weighted by atomic mass is 10.1. The van der Waals surface area contributed by atoms with Gasteiger partial charge in [0.1, 0.15) is 11.3 Å². The van der Waals surface area contributed by atoms with Gasteiger partial charge in [-0.3, -0.25) is 0 Å². The van der Waals surface area contributed by atoms with Crippen molar-refractivity contribution in [2.75, 3.05) is 37.4 Å². The monoisotopic (exact) mass is 409 g/mol. The summed E-state index contributed by atoms with van der Waals surface area (Å²) in [5, 5.41) is 5.59. The molecule has 0 saturated carbocycles. The van der Waals surface area contributed by atoms with Gasteiger partial charge >= 0.3 is 5.97 Å². The van der Waals surface area contributed by atoms with Crippen LogP contribution in [0.2, 0.25) is 0 Å². The second-order valence-electron chi connectivity index (χ2n) is 7.38. The van der Waals surface area contributed by atoms with Gasteiger partial charge in [0.2, 0.25) is 0 Å². The van der Waals surface area contributed by atoms with Crippen LogP contribution in [-0.2, 0) is 11.3 Å². The van der Waals surface area contributed by atoms with Gasteiger partial charge in [0.05, 0.1) is 31.3 Å². The third-order valence-electron chi connectivity index (χ3n) is 5.42. The molecule has 0 amide bonds. The van der Waals surface area contributed by atoms with Crippen LogP contribution in [0.15, 0.2) is 30.5 Å². The molecule has 8 nitrogen and oxygen atoms in total. The maximum Gasteiger partial charge on any atom is 0.341 e. The number of piperidine rings is 1. The van der Waals surface area contributed by atoms with E-state index in [1.165, 1.54) is 12.6 Å². The van der Waals surface area contributed by atoms with Crippen molar-refractivity contribution < 1.29 is 14.3 Å². The molecule has 0 spiro atoms. The van der Waals surface area contributed by atoms with Crippen LogP contribution in [0, 0.1) is 0 Å². The molecule has 1 aliphatic heterocycles. The number of nitrogens with two attached hydrogens (primary N) is 1. The molecule has 1 aromatic carbocycles. The highest BCUT2D eigenvalue weighted by atomic mass is 16.5. The van der Waals surface area contributed by atoms with Crippen molar-refractivity contribution in [2.45, 2.75) is 32.7 Å². The maximum absolute atomic E-state index is 12.4. The quantitative estimate of drug-likeness (QED) is 0.625. The van der Waals surface area contributed by atoms with Crippen molar-refractivity contribution >= 4 is 28.5 Å². The van der Waals surface area contributed by atoms with Gasteiger partial charge in [-0.05, 0) is 43.9 Å². The minimum absolute atomic E-state index is 0.284. The molecule has 3 heterocycles. The lowest BCUT2D eigenvalue weighted by molar-refractivity contribution is 0.0527. The summed E-state index contributed by atoms with van der Waals surface area (Å²) < 4.78 is 12.3. The number of ether oxygens (including phenoxy) is 2. The molecule has 0 aliphatic carbocycles. The van der Waals surface area contributed by atoms with Crippen LogP contribution < -0.4 is 15.4 Å². The van der Waals surface area contributed by atoms with Crippen molar-refractivity contribution in [3.8, 4) is 5.75 Å². The molecular weight excluding hydrogens is 382 g/mol. The van der Waals surface area contributed by atoms with E-state index < -0.39 is 5.97 Å². The summed E-state index contributed by atoms with van der Waals surface area (Å²) in [5.41, 5.74) is 8.86. The van der Waals surface area contributed by atoms with E-state index in [0.717, 1.165) is 48.4 Å². The van der Waals surface area contributed by atoms with E-state index in [1.54, 1.807) is 14.0 Å². The number of benzene rings is 1. The van der Waals surface area contributed by atoms with Gasteiger partial charge in [-0.1, -0.05) is 12.1 Å². The topological polar surface area (TPSA) is 95.5 Å². The Morgan fingerprint density at radius 1 is 1.17 bits per heavy atom. The number of fused-ring (bicyclic) bond motifs is 1. The van der Waals surface area contributed by atoms with Crippen LogP contribution in [0.1, 0.15) is 42.1 Å². The second kappa shape index (κ2) is 8.61. The van der Waals surface area contributed by atoms with E-state index in [9.17, 15) is 4.79 Å². The Morgan fingerprint density at radius 2 is 1.90 bits per heavy atom. The number of aromatic nitrogens is 3. The van der Waals surface area contributed by atoms with Gasteiger partial charge in [-0.25, -0.2) is 14.5 Å². The zero-order valence-corrected chi connectivity index (χ0v) is 17.4.